The van der Waals surface area contributed by atoms with Crippen LogP contribution in [-0.4, -0.2) is 58.3 Å². The van der Waals surface area contributed by atoms with Crippen molar-refractivity contribution in [2.75, 3.05) is 18.5 Å². The zero-order chi connectivity index (χ0) is 24.7. The first-order chi connectivity index (χ1) is 16.2. The standard InChI is InChI=1S/C21H25BrN6O5S/c1-2-15(12-33-34(23,31)32)19(29)10-25-21-17(9-24-13-26-21)20(30)18-6-7-28(27-18)11-14-4-3-5-16(22)8-14/h3-9,13,15,19,29H,2,10-12H2,1H3,(H2,23,31,32)(H,24,25,26)/t15-,19+/m1/s1. The number of ketones is 1. The van der Waals surface area contributed by atoms with Gasteiger partial charge in [0.15, 0.2) is 0 Å². The van der Waals surface area contributed by atoms with E-state index in [0.717, 1.165) is 10.0 Å². The number of carbonyl (C=O) groups is 1. The molecule has 2 heterocycles. The number of hydrogen-bond acceptors (Lipinski definition) is 9. The van der Waals surface area contributed by atoms with E-state index in [1.165, 1.54) is 12.5 Å². The molecular weight excluding hydrogens is 528 g/mol. The lowest BCUT2D eigenvalue weighted by atomic mass is 10.0. The fourth-order valence-electron chi connectivity index (χ4n) is 3.22. The first-order valence-corrected chi connectivity index (χ1v) is 12.6. The van der Waals surface area contributed by atoms with Gasteiger partial charge in [-0.2, -0.15) is 13.5 Å². The number of carbonyl (C=O) groups excluding carboxylic acids is 1. The van der Waals surface area contributed by atoms with Crippen LogP contribution in [0.5, 0.6) is 0 Å². The van der Waals surface area contributed by atoms with E-state index in [9.17, 15) is 18.3 Å². The molecule has 0 saturated heterocycles. The second-order valence-electron chi connectivity index (χ2n) is 7.54. The van der Waals surface area contributed by atoms with Crippen molar-refractivity contribution < 1.29 is 22.5 Å². The molecule has 2 aromatic heterocycles. The Morgan fingerprint density at radius 2 is 2.15 bits per heavy atom. The average molecular weight is 553 g/mol. The summed E-state index contributed by atoms with van der Waals surface area (Å²) in [5.41, 5.74) is 1.44. The number of aliphatic hydroxyl groups is 1. The minimum absolute atomic E-state index is 0.00110. The second kappa shape index (κ2) is 11.6. The molecule has 0 bridgehead atoms. The van der Waals surface area contributed by atoms with Gasteiger partial charge in [0.25, 0.3) is 0 Å². The molecule has 3 aromatic rings. The lowest BCUT2D eigenvalue weighted by Crippen LogP contribution is -2.33. The van der Waals surface area contributed by atoms with Gasteiger partial charge in [-0.15, -0.1) is 0 Å². The third-order valence-electron chi connectivity index (χ3n) is 5.06. The first kappa shape index (κ1) is 25.9. The number of hydrogen-bond donors (Lipinski definition) is 3. The van der Waals surface area contributed by atoms with Crippen molar-refractivity contribution in [3.8, 4) is 0 Å². The lowest BCUT2D eigenvalue weighted by Gasteiger charge is -2.21. The molecule has 0 fully saturated rings. The Hall–Kier alpha value is -2.71. The predicted octanol–water partition coefficient (Wildman–Crippen LogP) is 1.73. The van der Waals surface area contributed by atoms with E-state index in [2.05, 4.69) is 40.5 Å². The van der Waals surface area contributed by atoms with Crippen LogP contribution in [0.25, 0.3) is 0 Å². The van der Waals surface area contributed by atoms with Crippen LogP contribution in [0, 0.1) is 5.92 Å². The summed E-state index contributed by atoms with van der Waals surface area (Å²) in [6, 6.07) is 9.40. The molecule has 182 valence electrons. The zero-order valence-electron chi connectivity index (χ0n) is 18.3. The van der Waals surface area contributed by atoms with Crippen LogP contribution in [0.3, 0.4) is 0 Å². The van der Waals surface area contributed by atoms with Crippen molar-refractivity contribution in [3.05, 3.63) is 70.3 Å². The predicted molar refractivity (Wildman–Crippen MR) is 128 cm³/mol. The zero-order valence-corrected chi connectivity index (χ0v) is 20.7. The largest absolute Gasteiger partial charge is 0.391 e. The Morgan fingerprint density at radius 3 is 2.85 bits per heavy atom. The van der Waals surface area contributed by atoms with Gasteiger partial charge in [-0.3, -0.25) is 13.7 Å². The summed E-state index contributed by atoms with van der Waals surface area (Å²) in [7, 11) is -4.11. The van der Waals surface area contributed by atoms with Gasteiger partial charge in [-0.1, -0.05) is 35.0 Å². The Labute approximate surface area is 205 Å². The maximum Gasteiger partial charge on any atom is 0.333 e. The Bertz CT molecular complexity index is 1240. The minimum atomic E-state index is -4.11. The normalized spacial score (nSPS) is 13.4. The van der Waals surface area contributed by atoms with Crippen LogP contribution in [0.1, 0.15) is 35.0 Å². The molecule has 13 heteroatoms. The number of nitrogens with two attached hydrogens (primary N) is 1. The molecule has 0 aliphatic carbocycles. The maximum absolute atomic E-state index is 13.1. The van der Waals surface area contributed by atoms with Crippen molar-refractivity contribution >= 4 is 37.8 Å². The SMILES string of the molecule is CC[C@H](COS(N)(=O)=O)[C@@H](O)CNc1ncncc1C(=O)c1ccn(Cc2cccc(Br)c2)n1. The summed E-state index contributed by atoms with van der Waals surface area (Å²) in [5.74, 6) is -0.654. The van der Waals surface area contributed by atoms with Crippen LogP contribution in [0.15, 0.2) is 53.5 Å². The molecule has 2 atom stereocenters. The van der Waals surface area contributed by atoms with Crippen molar-refractivity contribution in [2.45, 2.75) is 26.0 Å². The number of nitrogens with zero attached hydrogens (tertiary/aromatic N) is 4. The quantitative estimate of drug-likeness (QED) is 0.284. The molecule has 0 aliphatic heterocycles. The molecule has 0 radical (unpaired) electrons. The monoisotopic (exact) mass is 552 g/mol. The highest BCUT2D eigenvalue weighted by Gasteiger charge is 2.22. The van der Waals surface area contributed by atoms with E-state index in [4.69, 9.17) is 5.14 Å². The highest BCUT2D eigenvalue weighted by molar-refractivity contribution is 9.10. The molecule has 0 unspecified atom stereocenters. The summed E-state index contributed by atoms with van der Waals surface area (Å²) >= 11 is 3.44. The Balaban J connectivity index is 1.67. The van der Waals surface area contributed by atoms with Crippen LogP contribution in [0.4, 0.5) is 5.82 Å². The minimum Gasteiger partial charge on any atom is -0.391 e. The van der Waals surface area contributed by atoms with Gasteiger partial charge in [0.1, 0.15) is 17.8 Å². The highest BCUT2D eigenvalue weighted by Crippen LogP contribution is 2.18. The summed E-state index contributed by atoms with van der Waals surface area (Å²) in [4.78, 5) is 21.1. The number of aliphatic hydroxyl groups excluding tert-OH is 1. The molecule has 11 nitrogen and oxygen atoms in total. The third-order valence-corrected chi connectivity index (χ3v) is 6.02. The molecule has 0 amide bonds. The van der Waals surface area contributed by atoms with E-state index in [0.29, 0.717) is 13.0 Å². The molecule has 34 heavy (non-hydrogen) atoms. The second-order valence-corrected chi connectivity index (χ2v) is 9.67. The molecule has 0 aliphatic rings. The fraction of sp³-hybridized carbons (Fsp3) is 0.333. The van der Waals surface area contributed by atoms with Crippen LogP contribution in [0.2, 0.25) is 0 Å². The number of anilines is 1. The summed E-state index contributed by atoms with van der Waals surface area (Å²) in [5, 5.41) is 22.6. The van der Waals surface area contributed by atoms with Crippen molar-refractivity contribution in [2.24, 2.45) is 11.1 Å². The van der Waals surface area contributed by atoms with Gasteiger partial charge < -0.3 is 10.4 Å². The van der Waals surface area contributed by atoms with E-state index < -0.39 is 22.3 Å². The van der Waals surface area contributed by atoms with Crippen molar-refractivity contribution in [1.82, 2.24) is 19.7 Å². The van der Waals surface area contributed by atoms with Crippen molar-refractivity contribution in [1.29, 1.82) is 0 Å². The van der Waals surface area contributed by atoms with E-state index in [1.807, 2.05) is 24.3 Å². The van der Waals surface area contributed by atoms with E-state index >= 15 is 0 Å². The van der Waals surface area contributed by atoms with E-state index in [1.54, 1.807) is 23.9 Å². The Kier molecular flexibility index (Phi) is 8.85. The van der Waals surface area contributed by atoms with Gasteiger partial charge in [-0.25, -0.2) is 15.1 Å². The van der Waals surface area contributed by atoms with Crippen LogP contribution in [-0.2, 0) is 21.0 Å². The van der Waals surface area contributed by atoms with Gasteiger partial charge in [0.2, 0.25) is 5.78 Å². The number of benzene rings is 1. The smallest absolute Gasteiger partial charge is 0.333 e. The molecule has 3 rings (SSSR count). The van der Waals surface area contributed by atoms with Crippen LogP contribution >= 0.6 is 15.9 Å². The molecule has 1 aromatic carbocycles. The van der Waals surface area contributed by atoms with Gasteiger partial charge >= 0.3 is 10.3 Å². The number of aromatic nitrogens is 4. The third kappa shape index (κ3) is 7.40. The molecular formula is C21H25BrN6O5S. The van der Waals surface area contributed by atoms with Gasteiger partial charge in [0.05, 0.1) is 24.8 Å². The van der Waals surface area contributed by atoms with Gasteiger partial charge in [0, 0.05) is 29.3 Å². The van der Waals surface area contributed by atoms with Crippen LogP contribution < -0.4 is 10.5 Å². The summed E-state index contributed by atoms with van der Waals surface area (Å²) < 4.78 is 29.3. The van der Waals surface area contributed by atoms with E-state index in [-0.39, 0.29) is 36.0 Å². The lowest BCUT2D eigenvalue weighted by molar-refractivity contribution is 0.0839. The van der Waals surface area contributed by atoms with Crippen molar-refractivity contribution in [3.63, 3.8) is 0 Å². The fourth-order valence-corrected chi connectivity index (χ4v) is 4.03. The summed E-state index contributed by atoms with van der Waals surface area (Å²) in [6.07, 6.45) is 3.83. The molecule has 0 saturated carbocycles. The molecule has 4 N–H and O–H groups in total. The number of halogens is 1. The average Bonchev–Trinajstić information content (AvgIpc) is 3.25. The maximum atomic E-state index is 13.1. The number of rotatable bonds is 12. The first-order valence-electron chi connectivity index (χ1n) is 10.4. The topological polar surface area (TPSA) is 162 Å². The van der Waals surface area contributed by atoms with Gasteiger partial charge in [-0.05, 0) is 30.2 Å². The highest BCUT2D eigenvalue weighted by atomic mass is 79.9. The number of nitrogens with one attached hydrogen (secondary N) is 1. The Morgan fingerprint density at radius 1 is 1.35 bits per heavy atom. The summed E-state index contributed by atoms with van der Waals surface area (Å²) in [6.45, 7) is 2.02. The molecule has 0 spiro atoms.